The van der Waals surface area contributed by atoms with Gasteiger partial charge in [-0.05, 0) is 18.8 Å². The summed E-state index contributed by atoms with van der Waals surface area (Å²) in [4.78, 5) is 36.9. The van der Waals surface area contributed by atoms with E-state index in [2.05, 4.69) is 19.2 Å². The predicted molar refractivity (Wildman–Crippen MR) is 79.7 cm³/mol. The maximum absolute atomic E-state index is 12.3. The summed E-state index contributed by atoms with van der Waals surface area (Å²) >= 11 is 1.54. The second-order valence-electron chi connectivity index (χ2n) is 6.08. The average Bonchev–Trinajstić information content (AvgIpc) is 3.06. The third kappa shape index (κ3) is 3.90. The highest BCUT2D eigenvalue weighted by atomic mass is 32.2. The Morgan fingerprint density at radius 3 is 2.62 bits per heavy atom. The number of carboxylic acid groups (broad SMARTS) is 1. The van der Waals surface area contributed by atoms with Crippen molar-refractivity contribution in [2.75, 3.05) is 18.2 Å². The van der Waals surface area contributed by atoms with Crippen molar-refractivity contribution < 1.29 is 19.5 Å². The first-order valence-electron chi connectivity index (χ1n) is 7.30. The minimum atomic E-state index is -0.918. The highest BCUT2D eigenvalue weighted by molar-refractivity contribution is 7.99. The molecule has 2 amide bonds. The predicted octanol–water partition coefficient (Wildman–Crippen LogP) is 0.771. The summed E-state index contributed by atoms with van der Waals surface area (Å²) in [7, 11) is 0. The van der Waals surface area contributed by atoms with Crippen LogP contribution >= 0.6 is 11.8 Å². The van der Waals surface area contributed by atoms with E-state index < -0.39 is 23.8 Å². The van der Waals surface area contributed by atoms with Crippen LogP contribution in [0, 0.1) is 17.8 Å². The molecule has 2 rings (SSSR count). The summed E-state index contributed by atoms with van der Waals surface area (Å²) in [5.41, 5.74) is 0. The van der Waals surface area contributed by atoms with Crippen molar-refractivity contribution in [3.8, 4) is 0 Å². The Morgan fingerprint density at radius 2 is 2.05 bits per heavy atom. The summed E-state index contributed by atoms with van der Waals surface area (Å²) in [5.74, 6) is -0.645. The van der Waals surface area contributed by atoms with Crippen molar-refractivity contribution in [1.82, 2.24) is 10.2 Å². The number of rotatable bonds is 6. The van der Waals surface area contributed by atoms with Crippen molar-refractivity contribution in [1.29, 1.82) is 0 Å². The van der Waals surface area contributed by atoms with Gasteiger partial charge in [-0.25, -0.2) is 0 Å². The first-order chi connectivity index (χ1) is 9.91. The molecule has 0 aromatic heterocycles. The number of thioether (sulfide) groups is 1. The van der Waals surface area contributed by atoms with Gasteiger partial charge >= 0.3 is 5.97 Å². The lowest BCUT2D eigenvalue weighted by atomic mass is 10.1. The molecule has 3 unspecified atom stereocenters. The summed E-state index contributed by atoms with van der Waals surface area (Å²) in [6, 6.07) is -0.454. The Labute approximate surface area is 128 Å². The first-order valence-corrected chi connectivity index (χ1v) is 8.46. The Kier molecular flexibility index (Phi) is 5.13. The number of carboxylic acids is 1. The SMILES string of the molecule is CC(C)CCNC(=O)C1CSCN1C(=O)C1CC1C(=O)O. The second-order valence-corrected chi connectivity index (χ2v) is 7.08. The van der Waals surface area contributed by atoms with E-state index in [-0.39, 0.29) is 11.8 Å². The van der Waals surface area contributed by atoms with Crippen molar-refractivity contribution in [2.45, 2.75) is 32.7 Å². The van der Waals surface area contributed by atoms with Crippen LogP contribution in [0.25, 0.3) is 0 Å². The van der Waals surface area contributed by atoms with Gasteiger partial charge in [-0.15, -0.1) is 11.8 Å². The number of amides is 2. The van der Waals surface area contributed by atoms with Crippen LogP contribution in [-0.2, 0) is 14.4 Å². The molecule has 1 saturated heterocycles. The van der Waals surface area contributed by atoms with E-state index in [1.54, 1.807) is 4.90 Å². The minimum Gasteiger partial charge on any atom is -0.481 e. The summed E-state index contributed by atoms with van der Waals surface area (Å²) < 4.78 is 0. The third-order valence-corrected chi connectivity index (χ3v) is 4.93. The van der Waals surface area contributed by atoms with Gasteiger partial charge in [-0.2, -0.15) is 0 Å². The molecule has 6 nitrogen and oxygen atoms in total. The monoisotopic (exact) mass is 314 g/mol. The number of hydrogen-bond donors (Lipinski definition) is 2. The van der Waals surface area contributed by atoms with Gasteiger partial charge in [-0.3, -0.25) is 14.4 Å². The van der Waals surface area contributed by atoms with Gasteiger partial charge in [0, 0.05) is 12.3 Å². The molecule has 21 heavy (non-hydrogen) atoms. The molecule has 0 radical (unpaired) electrons. The molecule has 0 spiro atoms. The molecule has 3 atom stereocenters. The molecule has 2 N–H and O–H groups in total. The van der Waals surface area contributed by atoms with Crippen molar-refractivity contribution in [3.05, 3.63) is 0 Å². The maximum Gasteiger partial charge on any atom is 0.307 e. The van der Waals surface area contributed by atoms with Gasteiger partial charge in [-0.1, -0.05) is 13.8 Å². The fourth-order valence-corrected chi connectivity index (χ4v) is 3.60. The molecule has 1 aliphatic heterocycles. The van der Waals surface area contributed by atoms with Gasteiger partial charge in [0.15, 0.2) is 0 Å². The van der Waals surface area contributed by atoms with Crippen molar-refractivity contribution >= 4 is 29.5 Å². The lowest BCUT2D eigenvalue weighted by Gasteiger charge is -2.23. The largest absolute Gasteiger partial charge is 0.481 e. The smallest absolute Gasteiger partial charge is 0.307 e. The molecule has 0 aromatic rings. The highest BCUT2D eigenvalue weighted by Gasteiger charge is 2.52. The van der Waals surface area contributed by atoms with E-state index in [0.29, 0.717) is 30.5 Å². The van der Waals surface area contributed by atoms with E-state index in [0.717, 1.165) is 6.42 Å². The van der Waals surface area contributed by atoms with Crippen molar-refractivity contribution in [3.63, 3.8) is 0 Å². The molecule has 0 aromatic carbocycles. The van der Waals surface area contributed by atoms with Crippen LogP contribution < -0.4 is 5.32 Å². The zero-order chi connectivity index (χ0) is 15.6. The Hall–Kier alpha value is -1.24. The van der Waals surface area contributed by atoms with E-state index in [4.69, 9.17) is 5.11 Å². The second kappa shape index (κ2) is 6.68. The molecule has 1 heterocycles. The van der Waals surface area contributed by atoms with E-state index in [1.165, 1.54) is 11.8 Å². The standard InChI is InChI=1S/C14H22N2O4S/c1-8(2)3-4-15-12(17)11-6-21-7-16(11)13(18)9-5-10(9)14(19)20/h8-11H,3-7H2,1-2H3,(H,15,17)(H,19,20). The van der Waals surface area contributed by atoms with Crippen LogP contribution in [0.1, 0.15) is 26.7 Å². The fraction of sp³-hybridized carbons (Fsp3) is 0.786. The zero-order valence-corrected chi connectivity index (χ0v) is 13.2. The van der Waals surface area contributed by atoms with Crippen LogP contribution in [0.3, 0.4) is 0 Å². The fourth-order valence-electron chi connectivity index (χ4n) is 2.43. The van der Waals surface area contributed by atoms with Crippen LogP contribution in [-0.4, -0.2) is 52.0 Å². The number of nitrogens with zero attached hydrogens (tertiary/aromatic N) is 1. The van der Waals surface area contributed by atoms with Gasteiger partial charge in [0.2, 0.25) is 11.8 Å². The molecule has 7 heteroatoms. The first kappa shape index (κ1) is 16.1. The third-order valence-electron chi connectivity index (χ3n) is 3.91. The van der Waals surface area contributed by atoms with Crippen LogP contribution in [0.4, 0.5) is 0 Å². The van der Waals surface area contributed by atoms with Gasteiger partial charge < -0.3 is 15.3 Å². The van der Waals surface area contributed by atoms with Gasteiger partial charge in [0.1, 0.15) is 6.04 Å². The maximum atomic E-state index is 12.3. The molecular weight excluding hydrogens is 292 g/mol. The van der Waals surface area contributed by atoms with Gasteiger partial charge in [0.25, 0.3) is 0 Å². The van der Waals surface area contributed by atoms with E-state index >= 15 is 0 Å². The summed E-state index contributed by atoms with van der Waals surface area (Å²) in [6.45, 7) is 4.79. The Balaban J connectivity index is 1.87. The summed E-state index contributed by atoms with van der Waals surface area (Å²) in [6.07, 6.45) is 1.31. The number of carbonyl (C=O) groups is 3. The van der Waals surface area contributed by atoms with E-state index in [1.807, 2.05) is 0 Å². The normalized spacial score (nSPS) is 27.8. The number of carbonyl (C=O) groups excluding carboxylic acids is 2. The lowest BCUT2D eigenvalue weighted by Crippen LogP contribution is -2.48. The van der Waals surface area contributed by atoms with E-state index in [9.17, 15) is 14.4 Å². The van der Waals surface area contributed by atoms with Crippen molar-refractivity contribution in [2.24, 2.45) is 17.8 Å². The quantitative estimate of drug-likeness (QED) is 0.756. The average molecular weight is 314 g/mol. The van der Waals surface area contributed by atoms with Gasteiger partial charge in [0.05, 0.1) is 17.7 Å². The van der Waals surface area contributed by atoms with Crippen LogP contribution in [0.15, 0.2) is 0 Å². The van der Waals surface area contributed by atoms with Crippen LogP contribution in [0.5, 0.6) is 0 Å². The summed E-state index contributed by atoms with van der Waals surface area (Å²) in [5, 5.41) is 11.8. The minimum absolute atomic E-state index is 0.124. The molecule has 2 aliphatic rings. The number of aliphatic carboxylic acids is 1. The molecular formula is C14H22N2O4S. The molecule has 2 fully saturated rings. The number of hydrogen-bond acceptors (Lipinski definition) is 4. The molecule has 0 bridgehead atoms. The lowest BCUT2D eigenvalue weighted by molar-refractivity contribution is -0.143. The molecule has 118 valence electrons. The number of nitrogens with one attached hydrogen (secondary N) is 1. The Bertz CT molecular complexity index is 441. The van der Waals surface area contributed by atoms with Crippen LogP contribution in [0.2, 0.25) is 0 Å². The molecule has 1 aliphatic carbocycles. The highest BCUT2D eigenvalue weighted by Crippen LogP contribution is 2.41. The topological polar surface area (TPSA) is 86.7 Å². The Morgan fingerprint density at radius 1 is 1.33 bits per heavy atom. The zero-order valence-electron chi connectivity index (χ0n) is 12.4. The molecule has 1 saturated carbocycles.